The number of rotatable bonds is 11. The molecule has 0 spiro atoms. The van der Waals surface area contributed by atoms with Gasteiger partial charge < -0.3 is 25.2 Å². The van der Waals surface area contributed by atoms with Crippen LogP contribution >= 0.6 is 0 Å². The molecular weight excluding hydrogens is 474 g/mol. The molecule has 190 valence electrons. The highest BCUT2D eigenvalue weighted by molar-refractivity contribution is 6.02. The van der Waals surface area contributed by atoms with Crippen molar-refractivity contribution in [2.24, 2.45) is 5.92 Å². The Balaban J connectivity index is 1.61. The van der Waals surface area contributed by atoms with E-state index in [9.17, 15) is 34.4 Å². The molecule has 36 heavy (non-hydrogen) atoms. The number of hydrogen-bond donors (Lipinski definition) is 3. The highest BCUT2D eigenvalue weighted by atomic mass is 16.6. The first-order chi connectivity index (χ1) is 17.2. The van der Waals surface area contributed by atoms with Gasteiger partial charge in [0.1, 0.15) is 25.7 Å². The fraction of sp³-hybridized carbons (Fsp3) is 0.333. The van der Waals surface area contributed by atoms with Crippen LogP contribution in [0.15, 0.2) is 54.6 Å². The third-order valence-electron chi connectivity index (χ3n) is 5.58. The molecule has 2 aromatic carbocycles. The maximum atomic E-state index is 12.9. The molecule has 1 aliphatic rings. The van der Waals surface area contributed by atoms with Gasteiger partial charge >= 0.3 is 12.1 Å². The molecule has 1 aliphatic heterocycles. The molecule has 4 atom stereocenters. The predicted molar refractivity (Wildman–Crippen MR) is 123 cm³/mol. The van der Waals surface area contributed by atoms with Crippen molar-refractivity contribution >= 4 is 29.4 Å². The summed E-state index contributed by atoms with van der Waals surface area (Å²) in [5.41, 5.74) is 1.06. The molecule has 3 rings (SSSR count). The summed E-state index contributed by atoms with van der Waals surface area (Å²) in [7, 11) is 0. The molecule has 2 amide bonds. The lowest BCUT2D eigenvalue weighted by Crippen LogP contribution is -2.71. The summed E-state index contributed by atoms with van der Waals surface area (Å²) in [6.07, 6.45) is -2.77. The number of nitro groups is 1. The SMILES string of the molecule is C[C@@H](O)[C@H]1C(=O)N[C@@H]1[C@@H](NC(=O)OCc1ccccc1)C(=O)CC(=O)OCc1ccc([N+](=O)[O-])cc1. The van der Waals surface area contributed by atoms with Gasteiger partial charge in [0.05, 0.1) is 23.0 Å². The van der Waals surface area contributed by atoms with Crippen LogP contribution in [0.3, 0.4) is 0 Å². The quantitative estimate of drug-likeness (QED) is 0.136. The van der Waals surface area contributed by atoms with E-state index in [1.54, 1.807) is 30.3 Å². The van der Waals surface area contributed by atoms with E-state index in [0.717, 1.165) is 0 Å². The molecule has 12 nitrogen and oxygen atoms in total. The summed E-state index contributed by atoms with van der Waals surface area (Å²) in [5, 5.41) is 25.5. The van der Waals surface area contributed by atoms with Crippen molar-refractivity contribution in [3.63, 3.8) is 0 Å². The molecule has 1 fully saturated rings. The summed E-state index contributed by atoms with van der Waals surface area (Å²) in [6, 6.07) is 11.9. The molecule has 0 unspecified atom stereocenters. The Kier molecular flexibility index (Phi) is 8.68. The van der Waals surface area contributed by atoms with E-state index in [4.69, 9.17) is 9.47 Å². The number of ether oxygens (including phenoxy) is 2. The summed E-state index contributed by atoms with van der Waals surface area (Å²) in [5.74, 6) is -3.12. The van der Waals surface area contributed by atoms with Gasteiger partial charge in [-0.05, 0) is 30.2 Å². The van der Waals surface area contributed by atoms with Gasteiger partial charge in [-0.25, -0.2) is 4.79 Å². The van der Waals surface area contributed by atoms with Gasteiger partial charge in [-0.1, -0.05) is 30.3 Å². The normalized spacial score (nSPS) is 18.1. The van der Waals surface area contributed by atoms with Crippen LogP contribution in [0.1, 0.15) is 24.5 Å². The molecule has 0 aromatic heterocycles. The van der Waals surface area contributed by atoms with Crippen molar-refractivity contribution in [1.82, 2.24) is 10.6 Å². The zero-order valence-electron chi connectivity index (χ0n) is 19.3. The molecular formula is C24H25N3O9. The molecule has 0 aliphatic carbocycles. The van der Waals surface area contributed by atoms with E-state index in [1.165, 1.54) is 31.2 Å². The van der Waals surface area contributed by atoms with Crippen molar-refractivity contribution in [3.8, 4) is 0 Å². The minimum atomic E-state index is -1.35. The third-order valence-corrected chi connectivity index (χ3v) is 5.58. The van der Waals surface area contributed by atoms with Gasteiger partial charge in [0.2, 0.25) is 5.91 Å². The lowest BCUT2D eigenvalue weighted by atomic mass is 9.79. The largest absolute Gasteiger partial charge is 0.460 e. The summed E-state index contributed by atoms with van der Waals surface area (Å²) < 4.78 is 10.2. The first-order valence-electron chi connectivity index (χ1n) is 11.0. The van der Waals surface area contributed by atoms with Crippen LogP contribution in [0, 0.1) is 16.0 Å². The topological polar surface area (TPSA) is 174 Å². The number of aliphatic hydroxyl groups is 1. The van der Waals surface area contributed by atoms with Gasteiger partial charge in [-0.3, -0.25) is 24.5 Å². The van der Waals surface area contributed by atoms with Gasteiger partial charge in [0, 0.05) is 12.1 Å². The molecule has 1 saturated heterocycles. The molecule has 0 bridgehead atoms. The number of benzene rings is 2. The van der Waals surface area contributed by atoms with Gasteiger partial charge in [0.25, 0.3) is 5.69 Å². The lowest BCUT2D eigenvalue weighted by molar-refractivity contribution is -0.384. The molecule has 3 N–H and O–H groups in total. The van der Waals surface area contributed by atoms with Gasteiger partial charge in [-0.2, -0.15) is 0 Å². The average Bonchev–Trinajstić information content (AvgIpc) is 2.83. The zero-order valence-corrected chi connectivity index (χ0v) is 19.3. The van der Waals surface area contributed by atoms with Gasteiger partial charge in [0.15, 0.2) is 5.78 Å². The number of non-ortho nitro benzene ring substituents is 1. The fourth-order valence-electron chi connectivity index (χ4n) is 3.67. The maximum Gasteiger partial charge on any atom is 0.408 e. The highest BCUT2D eigenvalue weighted by Crippen LogP contribution is 2.23. The maximum absolute atomic E-state index is 12.9. The number of esters is 1. The number of aliphatic hydroxyl groups excluding tert-OH is 1. The fourth-order valence-corrected chi connectivity index (χ4v) is 3.67. The minimum Gasteiger partial charge on any atom is -0.460 e. The number of nitrogens with one attached hydrogen (secondary N) is 2. The van der Waals surface area contributed by atoms with E-state index >= 15 is 0 Å². The Hall–Kier alpha value is -4.32. The number of alkyl carbamates (subject to hydrolysis) is 1. The number of β-lactam (4-membered cyclic amide) rings is 1. The van der Waals surface area contributed by atoms with Crippen LogP contribution in [0.5, 0.6) is 0 Å². The molecule has 1 heterocycles. The van der Waals surface area contributed by atoms with Crippen molar-refractivity contribution < 1.29 is 38.7 Å². The second-order valence-electron chi connectivity index (χ2n) is 8.21. The first-order valence-corrected chi connectivity index (χ1v) is 11.0. The number of hydrogen-bond acceptors (Lipinski definition) is 9. The molecule has 2 aromatic rings. The second-order valence-corrected chi connectivity index (χ2v) is 8.21. The molecule has 12 heteroatoms. The van der Waals surface area contributed by atoms with E-state index in [2.05, 4.69) is 10.6 Å². The monoisotopic (exact) mass is 499 g/mol. The van der Waals surface area contributed by atoms with Crippen LogP contribution in [0.4, 0.5) is 10.5 Å². The smallest absolute Gasteiger partial charge is 0.408 e. The number of ketones is 1. The summed E-state index contributed by atoms with van der Waals surface area (Å²) in [6.45, 7) is 1.09. The van der Waals surface area contributed by atoms with Crippen molar-refractivity contribution in [1.29, 1.82) is 0 Å². The Labute approximate surface area is 205 Å². The Morgan fingerprint density at radius 3 is 2.25 bits per heavy atom. The number of Topliss-reactive ketones (excluding diaryl/α,β-unsaturated/α-hetero) is 1. The predicted octanol–water partition coefficient (Wildman–Crippen LogP) is 1.39. The van der Waals surface area contributed by atoms with Crippen LogP contribution in [0.2, 0.25) is 0 Å². The third kappa shape index (κ3) is 6.85. The molecule has 0 saturated carbocycles. The van der Waals surface area contributed by atoms with Crippen LogP contribution in [-0.2, 0) is 37.1 Å². The number of carbonyl (C=O) groups excluding carboxylic acids is 4. The zero-order chi connectivity index (χ0) is 26.2. The van der Waals surface area contributed by atoms with Crippen LogP contribution < -0.4 is 10.6 Å². The Bertz CT molecular complexity index is 1120. The van der Waals surface area contributed by atoms with Crippen LogP contribution in [0.25, 0.3) is 0 Å². The van der Waals surface area contributed by atoms with Crippen molar-refractivity contribution in [3.05, 3.63) is 75.8 Å². The van der Waals surface area contributed by atoms with Gasteiger partial charge in [-0.15, -0.1) is 0 Å². The average molecular weight is 499 g/mol. The number of nitro benzene ring substituents is 1. The molecule has 0 radical (unpaired) electrons. The van der Waals surface area contributed by atoms with Crippen molar-refractivity contribution in [2.75, 3.05) is 0 Å². The van der Waals surface area contributed by atoms with E-state index in [0.29, 0.717) is 11.1 Å². The summed E-state index contributed by atoms with van der Waals surface area (Å²) in [4.78, 5) is 59.6. The number of nitrogens with zero attached hydrogens (tertiary/aromatic N) is 1. The second kappa shape index (κ2) is 11.9. The Morgan fingerprint density at radius 2 is 1.67 bits per heavy atom. The summed E-state index contributed by atoms with van der Waals surface area (Å²) >= 11 is 0. The minimum absolute atomic E-state index is 0.0677. The standard InChI is InChI=1S/C24H25N3O9/c1-14(28)20-22(25-23(20)31)21(26-24(32)36-13-15-5-3-2-4-6-15)18(29)11-19(30)35-12-16-7-9-17(10-8-16)27(33)34/h2-10,14,20-22,28H,11-13H2,1H3,(H,25,31)(H,26,32)/t14-,20-,21+,22+/m1/s1. The first kappa shape index (κ1) is 26.3. The van der Waals surface area contributed by atoms with E-state index in [1.807, 2.05) is 0 Å². The highest BCUT2D eigenvalue weighted by Gasteiger charge is 2.49. The van der Waals surface area contributed by atoms with E-state index < -0.39 is 59.2 Å². The Morgan fingerprint density at radius 1 is 1.06 bits per heavy atom. The van der Waals surface area contributed by atoms with Crippen LogP contribution in [-0.4, -0.2) is 52.0 Å². The van der Waals surface area contributed by atoms with E-state index in [-0.39, 0.29) is 18.9 Å². The number of amides is 2. The van der Waals surface area contributed by atoms with Crippen molar-refractivity contribution in [2.45, 2.75) is 44.7 Å². The lowest BCUT2D eigenvalue weighted by Gasteiger charge is -2.42. The number of carbonyl (C=O) groups is 4.